The number of pyridine rings is 1. The molecule has 1 atom stereocenters. The van der Waals surface area contributed by atoms with Gasteiger partial charge in [0.25, 0.3) is 5.78 Å². The number of carbonyl (C=O) groups is 2. The van der Waals surface area contributed by atoms with Gasteiger partial charge in [-0.05, 0) is 67.8 Å². The van der Waals surface area contributed by atoms with Gasteiger partial charge in [0.2, 0.25) is 5.13 Å². The van der Waals surface area contributed by atoms with E-state index in [4.69, 9.17) is 4.74 Å². The predicted octanol–water partition coefficient (Wildman–Crippen LogP) is 6.26. The first-order chi connectivity index (χ1) is 20.8. The summed E-state index contributed by atoms with van der Waals surface area (Å²) in [4.78, 5) is 33.3. The highest BCUT2D eigenvalue weighted by Crippen LogP contribution is 2.45. The largest absolute Gasteiger partial charge is 0.505 e. The summed E-state index contributed by atoms with van der Waals surface area (Å²) < 4.78 is 21.4. The van der Waals surface area contributed by atoms with E-state index < -0.39 is 17.7 Å². The number of aryl methyl sites for hydroxylation is 2. The second kappa shape index (κ2) is 11.6. The Morgan fingerprint density at radius 3 is 2.63 bits per heavy atom. The van der Waals surface area contributed by atoms with Gasteiger partial charge in [-0.2, -0.15) is 0 Å². The third-order valence-corrected chi connectivity index (χ3v) is 9.24. The van der Waals surface area contributed by atoms with Crippen LogP contribution in [0.4, 0.5) is 9.52 Å². The maximum absolute atomic E-state index is 13.7. The van der Waals surface area contributed by atoms with E-state index in [1.54, 1.807) is 43.3 Å². The van der Waals surface area contributed by atoms with Crippen LogP contribution in [0.2, 0.25) is 0 Å². The number of amides is 1. The van der Waals surface area contributed by atoms with Crippen LogP contribution < -0.4 is 9.64 Å². The monoisotopic (exact) mass is 615 g/mol. The molecule has 4 heterocycles. The van der Waals surface area contributed by atoms with Crippen molar-refractivity contribution in [2.24, 2.45) is 0 Å². The molecule has 1 amide bonds. The third-order valence-electron chi connectivity index (χ3n) is 7.12. The van der Waals surface area contributed by atoms with E-state index >= 15 is 0 Å². The van der Waals surface area contributed by atoms with Crippen molar-refractivity contribution >= 4 is 51.3 Å². The Morgan fingerprint density at radius 2 is 1.88 bits per heavy atom. The van der Waals surface area contributed by atoms with Gasteiger partial charge < -0.3 is 14.2 Å². The summed E-state index contributed by atoms with van der Waals surface area (Å²) in [7, 11) is 0. The minimum atomic E-state index is -1.01. The van der Waals surface area contributed by atoms with E-state index in [1.165, 1.54) is 28.8 Å². The molecule has 1 aliphatic rings. The van der Waals surface area contributed by atoms with Crippen LogP contribution in [-0.2, 0) is 15.3 Å². The number of ether oxygens (including phenoxy) is 1. The van der Waals surface area contributed by atoms with Gasteiger partial charge in [-0.25, -0.2) is 9.37 Å². The molecule has 1 aliphatic heterocycles. The molecular weight excluding hydrogens is 590 g/mol. The topological polar surface area (TPSA) is 110 Å². The van der Waals surface area contributed by atoms with Gasteiger partial charge in [-0.3, -0.25) is 14.5 Å². The van der Waals surface area contributed by atoms with Crippen LogP contribution in [0.1, 0.15) is 41.0 Å². The lowest BCUT2D eigenvalue weighted by Crippen LogP contribution is -2.29. The van der Waals surface area contributed by atoms with Crippen molar-refractivity contribution in [1.82, 2.24) is 19.6 Å². The number of Topliss-reactive ketones (excluding diaryl/α,β-unsaturated/α-hetero) is 1. The molecule has 2 aromatic carbocycles. The SMILES string of the molecule is CCOc1cccc(C2/C(=C(\O)c3nc4c(C)cccn4c3C)C(=O)C(=O)N2c2nnc(SCc3ccc(F)cc3)s2)c1. The molecule has 6 rings (SSSR count). The Bertz CT molecular complexity index is 1900. The van der Waals surface area contributed by atoms with Crippen molar-refractivity contribution in [2.75, 3.05) is 11.5 Å². The molecule has 5 aromatic rings. The molecule has 9 nitrogen and oxygen atoms in total. The zero-order valence-electron chi connectivity index (χ0n) is 23.4. The van der Waals surface area contributed by atoms with E-state index in [1.807, 2.05) is 36.6 Å². The number of fused-ring (bicyclic) bond motifs is 1. The van der Waals surface area contributed by atoms with Crippen molar-refractivity contribution in [2.45, 2.75) is 36.9 Å². The Hall–Kier alpha value is -4.55. The number of halogens is 1. The molecule has 0 bridgehead atoms. The minimum absolute atomic E-state index is 0.0986. The Labute approximate surface area is 254 Å². The molecule has 1 N–H and O–H groups in total. The van der Waals surface area contributed by atoms with Gasteiger partial charge >= 0.3 is 5.91 Å². The van der Waals surface area contributed by atoms with Crippen LogP contribution in [0.5, 0.6) is 5.75 Å². The highest BCUT2D eigenvalue weighted by Gasteiger charge is 2.49. The van der Waals surface area contributed by atoms with E-state index in [0.717, 1.165) is 22.5 Å². The molecule has 218 valence electrons. The van der Waals surface area contributed by atoms with Crippen molar-refractivity contribution in [3.8, 4) is 5.75 Å². The Balaban J connectivity index is 1.44. The molecule has 0 spiro atoms. The number of benzene rings is 2. The Kier molecular flexibility index (Phi) is 7.72. The van der Waals surface area contributed by atoms with E-state index in [9.17, 15) is 19.1 Å². The number of aromatic nitrogens is 4. The molecule has 1 unspecified atom stereocenters. The first-order valence-corrected chi connectivity index (χ1v) is 15.3. The first-order valence-electron chi connectivity index (χ1n) is 13.5. The number of ketones is 1. The zero-order valence-corrected chi connectivity index (χ0v) is 25.1. The number of aliphatic hydroxyl groups is 1. The van der Waals surface area contributed by atoms with Crippen LogP contribution >= 0.6 is 23.1 Å². The quantitative estimate of drug-likeness (QED) is 0.0717. The number of imidazole rings is 1. The normalized spacial score (nSPS) is 16.4. The summed E-state index contributed by atoms with van der Waals surface area (Å²) in [5.41, 5.74) is 3.72. The molecule has 43 heavy (non-hydrogen) atoms. The first kappa shape index (κ1) is 28.6. The van der Waals surface area contributed by atoms with Crippen LogP contribution in [-0.4, -0.2) is 43.0 Å². The number of rotatable bonds is 8. The molecule has 1 fully saturated rings. The number of carbonyl (C=O) groups excluding carboxylic acids is 2. The van der Waals surface area contributed by atoms with Gasteiger partial charge in [0.05, 0.1) is 23.9 Å². The number of hydrogen-bond donors (Lipinski definition) is 1. The second-order valence-corrected chi connectivity index (χ2v) is 12.0. The van der Waals surface area contributed by atoms with Crippen LogP contribution in [0, 0.1) is 19.7 Å². The lowest BCUT2D eigenvalue weighted by molar-refractivity contribution is -0.132. The average molecular weight is 616 g/mol. The molecule has 12 heteroatoms. The van der Waals surface area contributed by atoms with Gasteiger partial charge in [0.1, 0.15) is 22.9 Å². The molecule has 3 aromatic heterocycles. The summed E-state index contributed by atoms with van der Waals surface area (Å²) in [5, 5.41) is 20.4. The molecule has 1 saturated heterocycles. The fourth-order valence-electron chi connectivity index (χ4n) is 5.04. The standard InChI is InChI=1S/C31H26FN5O4S2/c1-4-41-22-9-5-8-20(15-22)25-23(26(38)24-18(3)36-14-6-7-17(2)28(36)33-24)27(39)29(40)37(25)30-34-35-31(43-30)42-16-19-10-12-21(32)13-11-19/h5-15,25,38H,4,16H2,1-3H3/b26-23+. The van der Waals surface area contributed by atoms with Crippen molar-refractivity contribution in [3.63, 3.8) is 0 Å². The minimum Gasteiger partial charge on any atom is -0.505 e. The molecule has 0 aliphatic carbocycles. The van der Waals surface area contributed by atoms with Crippen molar-refractivity contribution in [1.29, 1.82) is 0 Å². The van der Waals surface area contributed by atoms with Crippen molar-refractivity contribution < 1.29 is 23.8 Å². The molecular formula is C31H26FN5O4S2. The fourth-order valence-corrected chi connectivity index (χ4v) is 6.87. The second-order valence-electron chi connectivity index (χ2n) is 9.87. The maximum atomic E-state index is 13.7. The summed E-state index contributed by atoms with van der Waals surface area (Å²) >= 11 is 2.54. The predicted molar refractivity (Wildman–Crippen MR) is 163 cm³/mol. The summed E-state index contributed by atoms with van der Waals surface area (Å²) in [6.07, 6.45) is 1.83. The van der Waals surface area contributed by atoms with Crippen LogP contribution in [0.3, 0.4) is 0 Å². The zero-order chi connectivity index (χ0) is 30.2. The van der Waals surface area contributed by atoms with Gasteiger partial charge in [-0.1, -0.05) is 53.4 Å². The molecule has 0 saturated carbocycles. The van der Waals surface area contributed by atoms with Crippen molar-refractivity contribution in [3.05, 3.63) is 106 Å². The van der Waals surface area contributed by atoms with Gasteiger partial charge in [0.15, 0.2) is 10.1 Å². The van der Waals surface area contributed by atoms with E-state index in [-0.39, 0.29) is 28.0 Å². The highest BCUT2D eigenvalue weighted by atomic mass is 32.2. The summed E-state index contributed by atoms with van der Waals surface area (Å²) in [6.45, 7) is 5.99. The van der Waals surface area contributed by atoms with E-state index in [2.05, 4.69) is 15.2 Å². The van der Waals surface area contributed by atoms with E-state index in [0.29, 0.717) is 39.4 Å². The third kappa shape index (κ3) is 5.28. The average Bonchev–Trinajstić information content (AvgIpc) is 3.68. The number of thioether (sulfide) groups is 1. The summed E-state index contributed by atoms with van der Waals surface area (Å²) in [5.74, 6) is -1.31. The number of hydrogen-bond acceptors (Lipinski definition) is 9. The summed E-state index contributed by atoms with van der Waals surface area (Å²) in [6, 6.07) is 16.0. The highest BCUT2D eigenvalue weighted by molar-refractivity contribution is 8.00. The Morgan fingerprint density at radius 1 is 1.09 bits per heavy atom. The maximum Gasteiger partial charge on any atom is 0.301 e. The number of nitrogens with zero attached hydrogens (tertiary/aromatic N) is 5. The lowest BCUT2D eigenvalue weighted by Gasteiger charge is -2.22. The molecule has 0 radical (unpaired) electrons. The fraction of sp³-hybridized carbons (Fsp3) is 0.194. The van der Waals surface area contributed by atoms with Crippen LogP contribution in [0.15, 0.2) is 76.8 Å². The number of aliphatic hydroxyl groups excluding tert-OH is 1. The lowest BCUT2D eigenvalue weighted by atomic mass is 9.96. The van der Waals surface area contributed by atoms with Gasteiger partial charge in [-0.15, -0.1) is 10.2 Å². The van der Waals surface area contributed by atoms with Gasteiger partial charge in [0, 0.05) is 11.9 Å². The van der Waals surface area contributed by atoms with Crippen LogP contribution in [0.25, 0.3) is 11.4 Å². The smallest absolute Gasteiger partial charge is 0.301 e. The number of anilines is 1.